The Kier molecular flexibility index (Phi) is 55.4. The molecule has 0 aromatic carbocycles. The zero-order chi connectivity index (χ0) is 55.8. The van der Waals surface area contributed by atoms with Crippen molar-refractivity contribution in [2.45, 2.75) is 391 Å². The Hall–Kier alpha value is -1.33. The van der Waals surface area contributed by atoms with Gasteiger partial charge in [0.1, 0.15) is 24.4 Å². The largest absolute Gasteiger partial charge is 0.394 e. The lowest BCUT2D eigenvalue weighted by Gasteiger charge is -2.40. The van der Waals surface area contributed by atoms with Crippen LogP contribution in [0.4, 0.5) is 0 Å². The van der Waals surface area contributed by atoms with E-state index >= 15 is 0 Å². The van der Waals surface area contributed by atoms with Crippen LogP contribution in [-0.2, 0) is 14.3 Å². The predicted octanol–water partition coefficient (Wildman–Crippen LogP) is 18.1. The number of amides is 1. The standard InChI is InChI=1S/C68H131NO8/c1-3-5-7-9-11-13-15-17-19-21-23-25-27-29-30-31-32-34-35-37-39-41-43-45-47-49-51-53-55-57-62(71)61(60-76-68-67(75)66(74)65(73)63(59-70)77-68)69-64(72)58-56-54-52-50-48-46-44-42-40-38-36-33-28-26-24-22-20-18-16-14-12-10-8-6-4-2/h22,24,55,57,61-63,65-68,70-71,73-75H,3-21,23,25-54,56,58-60H2,1-2H3,(H,69,72)/b24-22-,57-55+. The number of carbonyl (C=O) groups excluding carboxylic acids is 1. The maximum atomic E-state index is 13.1. The van der Waals surface area contributed by atoms with Gasteiger partial charge >= 0.3 is 0 Å². The number of aliphatic hydroxyl groups is 5. The van der Waals surface area contributed by atoms with Crippen LogP contribution in [0.15, 0.2) is 24.3 Å². The lowest BCUT2D eigenvalue weighted by molar-refractivity contribution is -0.302. The van der Waals surface area contributed by atoms with E-state index in [1.807, 2.05) is 6.08 Å². The van der Waals surface area contributed by atoms with Gasteiger partial charge in [-0.25, -0.2) is 0 Å². The minimum Gasteiger partial charge on any atom is -0.394 e. The van der Waals surface area contributed by atoms with Crippen molar-refractivity contribution in [1.29, 1.82) is 0 Å². The maximum Gasteiger partial charge on any atom is 0.220 e. The Bertz CT molecular complexity index is 1260. The highest BCUT2D eigenvalue weighted by Crippen LogP contribution is 2.23. The Labute approximate surface area is 477 Å². The van der Waals surface area contributed by atoms with Crippen molar-refractivity contribution in [2.24, 2.45) is 0 Å². The smallest absolute Gasteiger partial charge is 0.220 e. The molecule has 1 fully saturated rings. The number of carbonyl (C=O) groups is 1. The highest BCUT2D eigenvalue weighted by molar-refractivity contribution is 5.76. The van der Waals surface area contributed by atoms with Gasteiger partial charge in [-0.15, -0.1) is 0 Å². The summed E-state index contributed by atoms with van der Waals surface area (Å²) in [6, 6.07) is -0.804. The van der Waals surface area contributed by atoms with Gasteiger partial charge in [-0.1, -0.05) is 321 Å². The van der Waals surface area contributed by atoms with Crippen LogP contribution in [0.5, 0.6) is 0 Å². The van der Waals surface area contributed by atoms with E-state index in [0.717, 1.165) is 38.5 Å². The third-order valence-electron chi connectivity index (χ3n) is 16.5. The zero-order valence-corrected chi connectivity index (χ0v) is 51.0. The van der Waals surface area contributed by atoms with Gasteiger partial charge in [-0.2, -0.15) is 0 Å². The summed E-state index contributed by atoms with van der Waals surface area (Å²) in [5, 5.41) is 54.7. The van der Waals surface area contributed by atoms with Crippen LogP contribution in [0.1, 0.15) is 348 Å². The molecule has 1 heterocycles. The zero-order valence-electron chi connectivity index (χ0n) is 51.0. The molecule has 9 heteroatoms. The molecule has 456 valence electrons. The average molecular weight is 1090 g/mol. The van der Waals surface area contributed by atoms with Crippen LogP contribution in [-0.4, -0.2) is 87.5 Å². The van der Waals surface area contributed by atoms with Crippen LogP contribution in [0.3, 0.4) is 0 Å². The van der Waals surface area contributed by atoms with Crippen LogP contribution >= 0.6 is 0 Å². The summed E-state index contributed by atoms with van der Waals surface area (Å²) >= 11 is 0. The van der Waals surface area contributed by atoms with E-state index in [9.17, 15) is 30.3 Å². The van der Waals surface area contributed by atoms with Crippen molar-refractivity contribution in [3.05, 3.63) is 24.3 Å². The third kappa shape index (κ3) is 46.9. The van der Waals surface area contributed by atoms with Gasteiger partial charge in [0.05, 0.1) is 25.4 Å². The molecule has 6 N–H and O–H groups in total. The van der Waals surface area contributed by atoms with Crippen LogP contribution in [0.25, 0.3) is 0 Å². The number of ether oxygens (including phenoxy) is 2. The molecule has 9 nitrogen and oxygen atoms in total. The van der Waals surface area contributed by atoms with Gasteiger partial charge in [-0.3, -0.25) is 4.79 Å². The van der Waals surface area contributed by atoms with Crippen molar-refractivity contribution in [3.8, 4) is 0 Å². The summed E-state index contributed by atoms with van der Waals surface area (Å²) in [7, 11) is 0. The number of rotatable bonds is 60. The first-order valence-corrected chi connectivity index (χ1v) is 34.1. The summed E-state index contributed by atoms with van der Waals surface area (Å²) in [6.07, 6.45) is 68.5. The monoisotopic (exact) mass is 1090 g/mol. The normalized spacial score (nSPS) is 18.8. The predicted molar refractivity (Wildman–Crippen MR) is 327 cm³/mol. The van der Waals surface area contributed by atoms with E-state index < -0.39 is 49.5 Å². The summed E-state index contributed by atoms with van der Waals surface area (Å²) in [5.41, 5.74) is 0. The quantitative estimate of drug-likeness (QED) is 0.0261. The van der Waals surface area contributed by atoms with E-state index in [-0.39, 0.29) is 12.5 Å². The highest BCUT2D eigenvalue weighted by Gasteiger charge is 2.44. The SMILES string of the molecule is CCCCCCCCCC/C=C\CCCCCCCCCCCCCCCC(=O)NC(COC1OC(CO)C(O)C(O)C1O)C(O)/C=C/CCCCCCCCCCCCCCCCCCCCCCCCCCCCC. The van der Waals surface area contributed by atoms with Gasteiger partial charge in [-0.05, 0) is 44.9 Å². The fourth-order valence-electron chi connectivity index (χ4n) is 11.2. The van der Waals surface area contributed by atoms with Crippen LogP contribution in [0, 0.1) is 0 Å². The Morgan fingerprint density at radius 1 is 0.429 bits per heavy atom. The summed E-state index contributed by atoms with van der Waals surface area (Å²) in [4.78, 5) is 13.1. The second-order valence-corrected chi connectivity index (χ2v) is 24.0. The van der Waals surface area contributed by atoms with Gasteiger partial charge in [0.25, 0.3) is 0 Å². The van der Waals surface area contributed by atoms with Gasteiger partial charge in [0.2, 0.25) is 5.91 Å². The molecule has 0 aliphatic carbocycles. The van der Waals surface area contributed by atoms with E-state index in [1.165, 1.54) is 289 Å². The minimum absolute atomic E-state index is 0.170. The Morgan fingerprint density at radius 3 is 1.05 bits per heavy atom. The first-order valence-electron chi connectivity index (χ1n) is 34.1. The van der Waals surface area contributed by atoms with Crippen molar-refractivity contribution < 1.29 is 39.8 Å². The number of allylic oxidation sites excluding steroid dienone is 3. The maximum absolute atomic E-state index is 13.1. The number of nitrogens with one attached hydrogen (secondary N) is 1. The molecule has 0 saturated carbocycles. The molecule has 1 aliphatic heterocycles. The molecule has 1 amide bonds. The molecule has 77 heavy (non-hydrogen) atoms. The molecule has 1 rings (SSSR count). The Morgan fingerprint density at radius 2 is 0.727 bits per heavy atom. The van der Waals surface area contributed by atoms with Gasteiger partial charge in [0, 0.05) is 6.42 Å². The van der Waals surface area contributed by atoms with E-state index in [2.05, 4.69) is 31.3 Å². The van der Waals surface area contributed by atoms with E-state index in [4.69, 9.17) is 9.47 Å². The van der Waals surface area contributed by atoms with Gasteiger partial charge in [0.15, 0.2) is 6.29 Å². The average Bonchev–Trinajstić information content (AvgIpc) is 3.43. The van der Waals surface area contributed by atoms with Crippen molar-refractivity contribution in [1.82, 2.24) is 5.32 Å². The lowest BCUT2D eigenvalue weighted by atomic mass is 9.99. The fraction of sp³-hybridized carbons (Fsp3) is 0.926. The molecule has 7 atom stereocenters. The molecule has 7 unspecified atom stereocenters. The summed E-state index contributed by atoms with van der Waals surface area (Å²) < 4.78 is 11.3. The molecule has 1 aliphatic rings. The highest BCUT2D eigenvalue weighted by atomic mass is 16.7. The van der Waals surface area contributed by atoms with Crippen molar-refractivity contribution in [3.63, 3.8) is 0 Å². The summed E-state index contributed by atoms with van der Waals surface area (Å²) in [6.45, 7) is 3.83. The van der Waals surface area contributed by atoms with Crippen molar-refractivity contribution in [2.75, 3.05) is 13.2 Å². The molecule has 0 radical (unpaired) electrons. The first kappa shape index (κ1) is 73.7. The first-order chi connectivity index (χ1) is 37.8. The second kappa shape index (κ2) is 57.9. The van der Waals surface area contributed by atoms with Crippen LogP contribution in [0.2, 0.25) is 0 Å². The number of unbranched alkanes of at least 4 members (excludes halogenated alkanes) is 48. The number of aliphatic hydroxyl groups excluding tert-OH is 5. The molecular formula is C68H131NO8. The van der Waals surface area contributed by atoms with Gasteiger partial charge < -0.3 is 40.3 Å². The minimum atomic E-state index is -1.57. The molecule has 1 saturated heterocycles. The molecule has 0 aromatic rings. The van der Waals surface area contributed by atoms with Crippen molar-refractivity contribution >= 4 is 5.91 Å². The Balaban J connectivity index is 2.14. The molecular weight excluding hydrogens is 959 g/mol. The van der Waals surface area contributed by atoms with Crippen LogP contribution < -0.4 is 5.32 Å². The number of hydrogen-bond acceptors (Lipinski definition) is 8. The molecule has 0 spiro atoms. The topological polar surface area (TPSA) is 149 Å². The summed E-state index contributed by atoms with van der Waals surface area (Å²) in [5.74, 6) is -0.170. The molecule has 0 aromatic heterocycles. The van der Waals surface area contributed by atoms with E-state index in [0.29, 0.717) is 6.42 Å². The van der Waals surface area contributed by atoms with E-state index in [1.54, 1.807) is 6.08 Å². The third-order valence-corrected chi connectivity index (χ3v) is 16.5. The number of hydrogen-bond donors (Lipinski definition) is 6. The lowest BCUT2D eigenvalue weighted by Crippen LogP contribution is -2.60. The molecule has 0 bridgehead atoms. The second-order valence-electron chi connectivity index (χ2n) is 24.0. The fourth-order valence-corrected chi connectivity index (χ4v) is 11.2.